The van der Waals surface area contributed by atoms with Crippen LogP contribution in [-0.2, 0) is 14.3 Å². The summed E-state index contributed by atoms with van der Waals surface area (Å²) in [6.45, 7) is 1.26. The number of esters is 1. The van der Waals surface area contributed by atoms with Gasteiger partial charge in [0.25, 0.3) is 0 Å². The molecule has 86 valence electrons. The molecule has 0 unspecified atom stereocenters. The van der Waals surface area contributed by atoms with Crippen molar-refractivity contribution >= 4 is 11.8 Å². The molecule has 6 heteroatoms. The molecule has 0 fully saturated rings. The molecule has 0 bridgehead atoms. The summed E-state index contributed by atoms with van der Waals surface area (Å²) in [5, 5.41) is 10.8. The largest absolute Gasteiger partial charge is 0.466 e. The lowest BCUT2D eigenvalue weighted by Crippen LogP contribution is -2.29. The minimum Gasteiger partial charge on any atom is -0.466 e. The number of nitro groups is 1. The van der Waals surface area contributed by atoms with Crippen molar-refractivity contribution in [3.05, 3.63) is 33.4 Å². The van der Waals surface area contributed by atoms with Gasteiger partial charge >= 0.3 is 5.97 Å². The summed E-state index contributed by atoms with van der Waals surface area (Å²) in [7, 11) is 1.20. The molecule has 0 amide bonds. The van der Waals surface area contributed by atoms with Gasteiger partial charge in [-0.3, -0.25) is 14.9 Å². The maximum absolute atomic E-state index is 11.2. The molecular formula is C10H11NO5. The predicted molar refractivity (Wildman–Crippen MR) is 54.3 cm³/mol. The SMILES string of the molecule is COC(=O)C1=CC=C(C(C)=O)[C@@H]([N+](=O)[O-])C1. The number of rotatable bonds is 3. The summed E-state index contributed by atoms with van der Waals surface area (Å²) in [5.74, 6) is -0.965. The van der Waals surface area contributed by atoms with Crippen molar-refractivity contribution < 1.29 is 19.2 Å². The Morgan fingerprint density at radius 2 is 2.12 bits per heavy atom. The fourth-order valence-corrected chi connectivity index (χ4v) is 1.51. The van der Waals surface area contributed by atoms with E-state index < -0.39 is 16.9 Å². The Hall–Kier alpha value is -1.98. The standard InChI is InChI=1S/C10H11NO5/c1-6(12)8-4-3-7(10(13)16-2)5-9(8)11(14)15/h3-4,9H,5H2,1-2H3/t9-/m0/s1. The smallest absolute Gasteiger partial charge is 0.334 e. The third-order valence-electron chi connectivity index (χ3n) is 2.34. The van der Waals surface area contributed by atoms with Crippen LogP contribution in [0.2, 0.25) is 0 Å². The van der Waals surface area contributed by atoms with Gasteiger partial charge in [0.2, 0.25) is 6.04 Å². The number of ketones is 1. The van der Waals surface area contributed by atoms with Crippen LogP contribution in [0.15, 0.2) is 23.3 Å². The van der Waals surface area contributed by atoms with Gasteiger partial charge in [0, 0.05) is 10.5 Å². The number of carbonyl (C=O) groups is 2. The quantitative estimate of drug-likeness (QED) is 0.400. The zero-order valence-corrected chi connectivity index (χ0v) is 8.93. The van der Waals surface area contributed by atoms with Crippen LogP contribution in [0.3, 0.4) is 0 Å². The maximum atomic E-state index is 11.2. The van der Waals surface area contributed by atoms with E-state index >= 15 is 0 Å². The Morgan fingerprint density at radius 3 is 2.56 bits per heavy atom. The normalized spacial score (nSPS) is 19.5. The van der Waals surface area contributed by atoms with Crippen LogP contribution in [-0.4, -0.2) is 29.8 Å². The summed E-state index contributed by atoms with van der Waals surface area (Å²) in [6.07, 6.45) is 2.60. The van der Waals surface area contributed by atoms with Gasteiger partial charge in [-0.05, 0) is 13.0 Å². The molecule has 0 saturated carbocycles. The van der Waals surface area contributed by atoms with Crippen molar-refractivity contribution in [3.63, 3.8) is 0 Å². The number of Topliss-reactive ketones (excluding diaryl/α,β-unsaturated/α-hetero) is 1. The number of hydrogen-bond acceptors (Lipinski definition) is 5. The Kier molecular flexibility index (Phi) is 3.55. The van der Waals surface area contributed by atoms with Crippen LogP contribution in [0.1, 0.15) is 13.3 Å². The molecule has 0 radical (unpaired) electrons. The highest BCUT2D eigenvalue weighted by molar-refractivity contribution is 5.97. The molecule has 0 saturated heterocycles. The van der Waals surface area contributed by atoms with Crippen LogP contribution in [0.4, 0.5) is 0 Å². The molecule has 1 rings (SSSR count). The molecule has 0 aliphatic heterocycles. The van der Waals surface area contributed by atoms with E-state index in [0.717, 1.165) is 0 Å². The topological polar surface area (TPSA) is 86.5 Å². The summed E-state index contributed by atoms with van der Waals surface area (Å²) >= 11 is 0. The number of carbonyl (C=O) groups excluding carboxylic acids is 2. The van der Waals surface area contributed by atoms with Crippen molar-refractivity contribution in [2.45, 2.75) is 19.4 Å². The van der Waals surface area contributed by atoms with Crippen LogP contribution in [0, 0.1) is 10.1 Å². The van der Waals surface area contributed by atoms with E-state index in [1.165, 1.54) is 26.2 Å². The monoisotopic (exact) mass is 225 g/mol. The molecule has 6 nitrogen and oxygen atoms in total. The first kappa shape index (κ1) is 12.1. The number of methoxy groups -OCH3 is 1. The van der Waals surface area contributed by atoms with Gasteiger partial charge < -0.3 is 4.74 Å². The van der Waals surface area contributed by atoms with Crippen LogP contribution >= 0.6 is 0 Å². The Balaban J connectivity index is 3.04. The lowest BCUT2D eigenvalue weighted by molar-refractivity contribution is -0.510. The van der Waals surface area contributed by atoms with Gasteiger partial charge in [-0.25, -0.2) is 4.79 Å². The van der Waals surface area contributed by atoms with Crippen LogP contribution in [0.25, 0.3) is 0 Å². The molecule has 0 aromatic carbocycles. The molecular weight excluding hydrogens is 214 g/mol. The fourth-order valence-electron chi connectivity index (χ4n) is 1.51. The highest BCUT2D eigenvalue weighted by Gasteiger charge is 2.33. The summed E-state index contributed by atoms with van der Waals surface area (Å²) < 4.78 is 4.47. The number of hydrogen-bond donors (Lipinski definition) is 0. The third kappa shape index (κ3) is 2.33. The molecule has 0 aromatic rings. The Morgan fingerprint density at radius 1 is 1.50 bits per heavy atom. The van der Waals surface area contributed by atoms with Gasteiger partial charge in [-0.15, -0.1) is 0 Å². The average Bonchev–Trinajstić information content (AvgIpc) is 2.26. The lowest BCUT2D eigenvalue weighted by atomic mass is 9.91. The molecule has 1 atom stereocenters. The molecule has 0 spiro atoms. The second kappa shape index (κ2) is 4.69. The second-order valence-electron chi connectivity index (χ2n) is 3.37. The van der Waals surface area contributed by atoms with Gasteiger partial charge in [-0.1, -0.05) is 6.08 Å². The predicted octanol–water partition coefficient (Wildman–Crippen LogP) is 0.650. The summed E-state index contributed by atoms with van der Waals surface area (Å²) in [6, 6.07) is -1.16. The van der Waals surface area contributed by atoms with Crippen LogP contribution < -0.4 is 0 Å². The summed E-state index contributed by atoms with van der Waals surface area (Å²) in [4.78, 5) is 32.5. The first-order valence-corrected chi connectivity index (χ1v) is 4.61. The van der Waals surface area contributed by atoms with Gasteiger partial charge in [0.15, 0.2) is 5.78 Å². The van der Waals surface area contributed by atoms with Crippen molar-refractivity contribution in [3.8, 4) is 0 Å². The van der Waals surface area contributed by atoms with Gasteiger partial charge in [0.1, 0.15) is 0 Å². The first-order valence-electron chi connectivity index (χ1n) is 4.61. The molecule has 1 aliphatic rings. The van der Waals surface area contributed by atoms with E-state index in [0.29, 0.717) is 0 Å². The van der Waals surface area contributed by atoms with Crippen molar-refractivity contribution in [1.29, 1.82) is 0 Å². The minimum absolute atomic E-state index is 0.106. The molecule has 1 aliphatic carbocycles. The van der Waals surface area contributed by atoms with Crippen LogP contribution in [0.5, 0.6) is 0 Å². The first-order chi connectivity index (χ1) is 7.47. The summed E-state index contributed by atoms with van der Waals surface area (Å²) in [5.41, 5.74) is 0.312. The fraction of sp³-hybridized carbons (Fsp3) is 0.400. The van der Waals surface area contributed by atoms with Crippen molar-refractivity contribution in [1.82, 2.24) is 0 Å². The van der Waals surface area contributed by atoms with E-state index in [4.69, 9.17) is 0 Å². The van der Waals surface area contributed by atoms with E-state index in [2.05, 4.69) is 4.74 Å². The lowest BCUT2D eigenvalue weighted by Gasteiger charge is -2.15. The number of nitrogens with zero attached hydrogens (tertiary/aromatic N) is 1. The molecule has 16 heavy (non-hydrogen) atoms. The average molecular weight is 225 g/mol. The molecule has 0 aromatic heterocycles. The van der Waals surface area contributed by atoms with E-state index in [1.54, 1.807) is 0 Å². The molecule has 0 N–H and O–H groups in total. The van der Waals surface area contributed by atoms with Gasteiger partial charge in [-0.2, -0.15) is 0 Å². The van der Waals surface area contributed by atoms with Crippen molar-refractivity contribution in [2.75, 3.05) is 7.11 Å². The Bertz CT molecular complexity index is 407. The Labute approximate surface area is 91.7 Å². The molecule has 0 heterocycles. The van der Waals surface area contributed by atoms with Crippen molar-refractivity contribution in [2.24, 2.45) is 0 Å². The maximum Gasteiger partial charge on any atom is 0.334 e. The number of allylic oxidation sites excluding steroid dienone is 2. The zero-order valence-electron chi connectivity index (χ0n) is 8.93. The number of ether oxygens (including phenoxy) is 1. The highest BCUT2D eigenvalue weighted by atomic mass is 16.6. The minimum atomic E-state index is -1.16. The zero-order chi connectivity index (χ0) is 12.3. The van der Waals surface area contributed by atoms with Gasteiger partial charge in [0.05, 0.1) is 19.1 Å². The van der Waals surface area contributed by atoms with E-state index in [1.807, 2.05) is 0 Å². The van der Waals surface area contributed by atoms with E-state index in [-0.39, 0.29) is 23.4 Å². The second-order valence-corrected chi connectivity index (χ2v) is 3.37. The third-order valence-corrected chi connectivity index (χ3v) is 2.34. The highest BCUT2D eigenvalue weighted by Crippen LogP contribution is 2.22. The van der Waals surface area contributed by atoms with E-state index in [9.17, 15) is 19.7 Å².